The van der Waals surface area contributed by atoms with Crippen LogP contribution in [0, 0.1) is 19.8 Å². The van der Waals surface area contributed by atoms with Crippen LogP contribution < -0.4 is 5.32 Å². The molecule has 0 radical (unpaired) electrons. The molecule has 0 unspecified atom stereocenters. The van der Waals surface area contributed by atoms with Crippen molar-refractivity contribution in [2.45, 2.75) is 27.7 Å². The normalized spacial score (nSPS) is 12.5. The fourth-order valence-corrected chi connectivity index (χ4v) is 1.51. The van der Waals surface area contributed by atoms with E-state index in [-0.39, 0.29) is 0 Å². The van der Waals surface area contributed by atoms with Crippen LogP contribution in [0.3, 0.4) is 0 Å². The van der Waals surface area contributed by atoms with Gasteiger partial charge in [-0.1, -0.05) is 24.6 Å². The van der Waals surface area contributed by atoms with E-state index in [2.05, 4.69) is 30.4 Å². The summed E-state index contributed by atoms with van der Waals surface area (Å²) >= 11 is 0. The molecule has 3 nitrogen and oxygen atoms in total. The zero-order valence-electron chi connectivity index (χ0n) is 10.2. The largest absolute Gasteiger partial charge is 0.361 e. The molecule has 1 aromatic heterocycles. The van der Waals surface area contributed by atoms with E-state index in [1.165, 1.54) is 5.57 Å². The van der Waals surface area contributed by atoms with E-state index in [1.807, 2.05) is 20.9 Å². The summed E-state index contributed by atoms with van der Waals surface area (Å²) < 4.78 is 5.14. The van der Waals surface area contributed by atoms with Crippen LogP contribution in [0.2, 0.25) is 0 Å². The van der Waals surface area contributed by atoms with Crippen LogP contribution in [0.5, 0.6) is 0 Å². The van der Waals surface area contributed by atoms with Crippen molar-refractivity contribution in [1.82, 2.24) is 10.5 Å². The lowest BCUT2D eigenvalue weighted by Gasteiger charge is -2.10. The molecule has 1 N–H and O–H groups in total. The predicted molar refractivity (Wildman–Crippen MR) is 62.7 cm³/mol. The standard InChI is InChI=1S/C12H20N2O/c1-8(2)11(7-13-5)6-12-9(3)14-15-10(12)4/h6,8,13H,7H2,1-5H3. The number of aromatic nitrogens is 1. The average Bonchev–Trinajstić information content (AvgIpc) is 2.48. The Labute approximate surface area is 91.5 Å². The third-order valence-electron chi connectivity index (χ3n) is 2.54. The van der Waals surface area contributed by atoms with Crippen molar-refractivity contribution in [3.63, 3.8) is 0 Å². The summed E-state index contributed by atoms with van der Waals surface area (Å²) in [6.07, 6.45) is 2.18. The third-order valence-corrected chi connectivity index (χ3v) is 2.54. The molecule has 0 aliphatic rings. The highest BCUT2D eigenvalue weighted by molar-refractivity contribution is 5.57. The Bertz CT molecular complexity index is 331. The summed E-state index contributed by atoms with van der Waals surface area (Å²) in [5.41, 5.74) is 3.45. The first-order chi connectivity index (χ1) is 7.06. The van der Waals surface area contributed by atoms with Gasteiger partial charge in [0.05, 0.1) is 5.69 Å². The lowest BCUT2D eigenvalue weighted by Crippen LogP contribution is -2.13. The van der Waals surface area contributed by atoms with Crippen molar-refractivity contribution < 1.29 is 4.52 Å². The fourth-order valence-electron chi connectivity index (χ4n) is 1.51. The van der Waals surface area contributed by atoms with E-state index in [0.29, 0.717) is 5.92 Å². The maximum absolute atomic E-state index is 5.14. The van der Waals surface area contributed by atoms with Crippen LogP contribution in [-0.2, 0) is 0 Å². The Hall–Kier alpha value is -1.09. The highest BCUT2D eigenvalue weighted by Crippen LogP contribution is 2.19. The number of hydrogen-bond donors (Lipinski definition) is 1. The predicted octanol–water partition coefficient (Wildman–Crippen LogP) is 2.55. The van der Waals surface area contributed by atoms with Gasteiger partial charge in [0, 0.05) is 12.1 Å². The van der Waals surface area contributed by atoms with Crippen LogP contribution >= 0.6 is 0 Å². The van der Waals surface area contributed by atoms with Crippen LogP contribution in [0.25, 0.3) is 6.08 Å². The number of hydrogen-bond acceptors (Lipinski definition) is 3. The minimum Gasteiger partial charge on any atom is -0.361 e. The van der Waals surface area contributed by atoms with Gasteiger partial charge < -0.3 is 9.84 Å². The molecule has 1 heterocycles. The Morgan fingerprint density at radius 1 is 1.47 bits per heavy atom. The van der Waals surface area contributed by atoms with Gasteiger partial charge in [-0.15, -0.1) is 0 Å². The van der Waals surface area contributed by atoms with Crippen LogP contribution in [0.4, 0.5) is 0 Å². The highest BCUT2D eigenvalue weighted by Gasteiger charge is 2.09. The molecule has 1 rings (SSSR count). The number of nitrogens with zero attached hydrogens (tertiary/aromatic N) is 1. The highest BCUT2D eigenvalue weighted by atomic mass is 16.5. The summed E-state index contributed by atoms with van der Waals surface area (Å²) in [5, 5.41) is 7.13. The topological polar surface area (TPSA) is 38.1 Å². The van der Waals surface area contributed by atoms with Gasteiger partial charge in [0.15, 0.2) is 0 Å². The number of rotatable bonds is 4. The molecule has 0 atom stereocenters. The summed E-state index contributed by atoms with van der Waals surface area (Å²) in [7, 11) is 1.96. The van der Waals surface area contributed by atoms with Gasteiger partial charge >= 0.3 is 0 Å². The van der Waals surface area contributed by atoms with Crippen molar-refractivity contribution in [2.24, 2.45) is 5.92 Å². The minimum absolute atomic E-state index is 0.533. The summed E-state index contributed by atoms with van der Waals surface area (Å²) in [4.78, 5) is 0. The summed E-state index contributed by atoms with van der Waals surface area (Å²) in [6, 6.07) is 0. The minimum atomic E-state index is 0.533. The van der Waals surface area contributed by atoms with E-state index < -0.39 is 0 Å². The smallest absolute Gasteiger partial charge is 0.141 e. The van der Waals surface area contributed by atoms with Gasteiger partial charge in [0.2, 0.25) is 0 Å². The second-order valence-corrected chi connectivity index (χ2v) is 4.14. The van der Waals surface area contributed by atoms with E-state index in [4.69, 9.17) is 4.52 Å². The molecule has 0 spiro atoms. The first kappa shape index (κ1) is 12.0. The van der Waals surface area contributed by atoms with E-state index >= 15 is 0 Å². The summed E-state index contributed by atoms with van der Waals surface area (Å²) in [6.45, 7) is 9.22. The fraction of sp³-hybridized carbons (Fsp3) is 0.583. The van der Waals surface area contributed by atoms with Crippen molar-refractivity contribution in [3.05, 3.63) is 22.6 Å². The quantitative estimate of drug-likeness (QED) is 0.826. The molecular weight excluding hydrogens is 188 g/mol. The molecule has 1 aromatic rings. The molecule has 0 amide bonds. The molecule has 0 aliphatic carbocycles. The van der Waals surface area contributed by atoms with Crippen LogP contribution in [0.1, 0.15) is 30.9 Å². The van der Waals surface area contributed by atoms with Crippen LogP contribution in [0.15, 0.2) is 10.1 Å². The molecule has 0 bridgehead atoms. The molecule has 0 aromatic carbocycles. The molecule has 0 saturated carbocycles. The zero-order chi connectivity index (χ0) is 11.4. The second-order valence-electron chi connectivity index (χ2n) is 4.14. The van der Waals surface area contributed by atoms with Crippen molar-refractivity contribution >= 4 is 6.08 Å². The molecule has 3 heteroatoms. The van der Waals surface area contributed by atoms with E-state index in [1.54, 1.807) is 0 Å². The van der Waals surface area contributed by atoms with Gasteiger partial charge in [0.1, 0.15) is 5.76 Å². The van der Waals surface area contributed by atoms with Gasteiger partial charge in [0.25, 0.3) is 0 Å². The van der Waals surface area contributed by atoms with Crippen LogP contribution in [-0.4, -0.2) is 18.7 Å². The number of aryl methyl sites for hydroxylation is 2. The molecule has 0 saturated heterocycles. The van der Waals surface area contributed by atoms with Crippen molar-refractivity contribution in [3.8, 4) is 0 Å². The molecule has 0 aliphatic heterocycles. The average molecular weight is 208 g/mol. The molecule has 15 heavy (non-hydrogen) atoms. The molecule has 84 valence electrons. The van der Waals surface area contributed by atoms with Gasteiger partial charge in [-0.25, -0.2) is 0 Å². The summed E-state index contributed by atoms with van der Waals surface area (Å²) in [5.74, 6) is 1.42. The third kappa shape index (κ3) is 2.93. The molecular formula is C12H20N2O. The van der Waals surface area contributed by atoms with Gasteiger partial charge in [-0.2, -0.15) is 0 Å². The SMILES string of the molecule is CNCC(=Cc1c(C)noc1C)C(C)C. The Kier molecular flexibility index (Phi) is 4.09. The first-order valence-electron chi connectivity index (χ1n) is 5.34. The van der Waals surface area contributed by atoms with E-state index in [9.17, 15) is 0 Å². The lowest BCUT2D eigenvalue weighted by atomic mass is 10.00. The lowest BCUT2D eigenvalue weighted by molar-refractivity contribution is 0.393. The Morgan fingerprint density at radius 2 is 2.13 bits per heavy atom. The van der Waals surface area contributed by atoms with Crippen molar-refractivity contribution in [2.75, 3.05) is 13.6 Å². The maximum Gasteiger partial charge on any atom is 0.141 e. The Balaban J connectivity index is 3.01. The van der Waals surface area contributed by atoms with Gasteiger partial charge in [-0.05, 0) is 32.9 Å². The van der Waals surface area contributed by atoms with E-state index in [0.717, 1.165) is 23.6 Å². The maximum atomic E-state index is 5.14. The second kappa shape index (κ2) is 5.12. The van der Waals surface area contributed by atoms with Crippen molar-refractivity contribution in [1.29, 1.82) is 0 Å². The number of likely N-dealkylation sites (N-methyl/N-ethyl adjacent to an activating group) is 1. The molecule has 0 fully saturated rings. The Morgan fingerprint density at radius 3 is 2.53 bits per heavy atom. The first-order valence-corrected chi connectivity index (χ1v) is 5.34. The zero-order valence-corrected chi connectivity index (χ0v) is 10.2. The monoisotopic (exact) mass is 208 g/mol. The number of nitrogens with one attached hydrogen (secondary N) is 1. The van der Waals surface area contributed by atoms with Gasteiger partial charge in [-0.3, -0.25) is 0 Å².